The minimum atomic E-state index is -0.345. The molecule has 0 fully saturated rings. The molecule has 2 amide bonds. The molecule has 8 nitrogen and oxygen atoms in total. The monoisotopic (exact) mass is 461 g/mol. The smallest absolute Gasteiger partial charge is 0.253 e. The van der Waals surface area contributed by atoms with Crippen LogP contribution >= 0.6 is 11.3 Å². The first kappa shape index (κ1) is 22.1. The lowest BCUT2D eigenvalue weighted by atomic mass is 10.1. The van der Waals surface area contributed by atoms with E-state index in [1.807, 2.05) is 60.0 Å². The van der Waals surface area contributed by atoms with Crippen molar-refractivity contribution in [3.05, 3.63) is 89.6 Å². The number of benzene rings is 2. The van der Waals surface area contributed by atoms with Crippen molar-refractivity contribution in [2.24, 2.45) is 0 Å². The second-order valence-electron chi connectivity index (χ2n) is 7.10. The number of ether oxygens (including phenoxy) is 1. The molecule has 0 spiro atoms. The van der Waals surface area contributed by atoms with Crippen LogP contribution in [-0.2, 0) is 11.4 Å². The van der Waals surface area contributed by atoms with E-state index in [1.54, 1.807) is 30.2 Å². The van der Waals surface area contributed by atoms with Gasteiger partial charge in [-0.25, -0.2) is 4.98 Å². The van der Waals surface area contributed by atoms with Gasteiger partial charge in [-0.1, -0.05) is 36.4 Å². The van der Waals surface area contributed by atoms with Gasteiger partial charge in [-0.15, -0.1) is 11.3 Å². The zero-order chi connectivity index (χ0) is 23.0. The predicted octanol–water partition coefficient (Wildman–Crippen LogP) is 3.73. The highest BCUT2D eigenvalue weighted by Crippen LogP contribution is 2.26. The van der Waals surface area contributed by atoms with Crippen LogP contribution in [0, 0.1) is 0 Å². The summed E-state index contributed by atoms with van der Waals surface area (Å²) in [5, 5.41) is 7.68. The average molecular weight is 462 g/mol. The summed E-state index contributed by atoms with van der Waals surface area (Å²) >= 11 is 1.33. The van der Waals surface area contributed by atoms with Crippen molar-refractivity contribution in [1.29, 1.82) is 0 Å². The zero-order valence-corrected chi connectivity index (χ0v) is 18.8. The minimum Gasteiger partial charge on any atom is -0.489 e. The molecule has 0 bridgehead atoms. The van der Waals surface area contributed by atoms with Gasteiger partial charge < -0.3 is 20.8 Å². The van der Waals surface area contributed by atoms with Gasteiger partial charge in [0.1, 0.15) is 12.4 Å². The number of rotatable bonds is 9. The van der Waals surface area contributed by atoms with Crippen LogP contribution in [0.2, 0.25) is 0 Å². The van der Waals surface area contributed by atoms with Gasteiger partial charge in [0.15, 0.2) is 5.13 Å². The Morgan fingerprint density at radius 1 is 1.09 bits per heavy atom. The normalized spacial score (nSPS) is 10.5. The fourth-order valence-corrected chi connectivity index (χ4v) is 3.80. The van der Waals surface area contributed by atoms with E-state index in [2.05, 4.69) is 21.0 Å². The number of carbonyl (C=O) groups excluding carboxylic acids is 2. The van der Waals surface area contributed by atoms with Crippen LogP contribution < -0.4 is 20.8 Å². The van der Waals surface area contributed by atoms with Crippen molar-refractivity contribution in [3.63, 3.8) is 0 Å². The van der Waals surface area contributed by atoms with Crippen LogP contribution in [0.5, 0.6) is 5.75 Å². The maximum atomic E-state index is 12.2. The van der Waals surface area contributed by atoms with Crippen molar-refractivity contribution < 1.29 is 14.3 Å². The lowest BCUT2D eigenvalue weighted by Crippen LogP contribution is -2.32. The average Bonchev–Trinajstić information content (AvgIpc) is 3.52. The second kappa shape index (κ2) is 10.5. The summed E-state index contributed by atoms with van der Waals surface area (Å²) in [7, 11) is 1.74. The molecular formula is C24H23N5O3S. The van der Waals surface area contributed by atoms with Crippen LogP contribution in [-0.4, -0.2) is 35.1 Å². The van der Waals surface area contributed by atoms with Gasteiger partial charge in [0, 0.05) is 30.4 Å². The van der Waals surface area contributed by atoms with Gasteiger partial charge in [0.25, 0.3) is 5.91 Å². The molecule has 4 rings (SSSR count). The van der Waals surface area contributed by atoms with E-state index in [4.69, 9.17) is 4.74 Å². The van der Waals surface area contributed by atoms with E-state index in [0.717, 1.165) is 22.6 Å². The minimum absolute atomic E-state index is 0.148. The lowest BCUT2D eigenvalue weighted by molar-refractivity contribution is -0.115. The summed E-state index contributed by atoms with van der Waals surface area (Å²) in [5.41, 5.74) is 6.05. The molecule has 0 aliphatic heterocycles. The molecule has 2 aromatic heterocycles. The van der Waals surface area contributed by atoms with Crippen molar-refractivity contribution in [2.75, 3.05) is 24.3 Å². The third kappa shape index (κ3) is 5.98. The molecule has 168 valence electrons. The Hall–Kier alpha value is -4.11. The molecule has 2 aromatic carbocycles. The largest absolute Gasteiger partial charge is 0.489 e. The topological polar surface area (TPSA) is 97.3 Å². The number of nitrogens with zero attached hydrogens (tertiary/aromatic N) is 2. The van der Waals surface area contributed by atoms with Crippen molar-refractivity contribution in [2.45, 2.75) is 6.61 Å². The fraction of sp³-hybridized carbons (Fsp3) is 0.125. The Bertz CT molecular complexity index is 1240. The van der Waals surface area contributed by atoms with Crippen molar-refractivity contribution in [1.82, 2.24) is 15.0 Å². The number of anilines is 1. The van der Waals surface area contributed by atoms with E-state index in [1.165, 1.54) is 11.3 Å². The number of thiazole rings is 1. The summed E-state index contributed by atoms with van der Waals surface area (Å²) < 4.78 is 7.46. The maximum Gasteiger partial charge on any atom is 0.253 e. The summed E-state index contributed by atoms with van der Waals surface area (Å²) in [4.78, 5) is 28.9. The molecule has 3 N–H and O–H groups in total. The molecule has 0 radical (unpaired) electrons. The molecule has 0 aliphatic carbocycles. The number of hydrogen-bond donors (Lipinski definition) is 3. The van der Waals surface area contributed by atoms with E-state index >= 15 is 0 Å². The third-order valence-corrected chi connectivity index (χ3v) is 5.50. The highest BCUT2D eigenvalue weighted by Gasteiger charge is 2.12. The number of amides is 2. The Morgan fingerprint density at radius 2 is 1.94 bits per heavy atom. The number of para-hydroxylation sites is 1. The molecular weight excluding hydrogens is 438 g/mol. The van der Waals surface area contributed by atoms with E-state index in [0.29, 0.717) is 17.3 Å². The summed E-state index contributed by atoms with van der Waals surface area (Å²) in [6.45, 7) is 0.299. The van der Waals surface area contributed by atoms with Gasteiger partial charge >= 0.3 is 0 Å². The fourth-order valence-electron chi connectivity index (χ4n) is 3.06. The van der Waals surface area contributed by atoms with Crippen LogP contribution in [0.25, 0.3) is 11.3 Å². The molecule has 0 saturated carbocycles. The van der Waals surface area contributed by atoms with Gasteiger partial charge in [-0.3, -0.25) is 14.3 Å². The van der Waals surface area contributed by atoms with Crippen molar-refractivity contribution >= 4 is 28.3 Å². The standard InChI is InChI=1S/C24H23N5O3S/c1-25-29-11-10-19(14-29)23(31)26-13-22(30)28-24-27-21(16-33-24)18-7-5-6-17(12-18)15-32-20-8-3-2-4-9-20/h2-12,14,16,25H,13,15H2,1H3,(H,26,31)(H,27,28,30). The first-order valence-electron chi connectivity index (χ1n) is 10.3. The molecule has 0 aliphatic rings. The molecule has 9 heteroatoms. The first-order valence-corrected chi connectivity index (χ1v) is 11.1. The molecule has 0 saturated heterocycles. The quantitative estimate of drug-likeness (QED) is 0.353. The third-order valence-electron chi connectivity index (χ3n) is 4.74. The Morgan fingerprint density at radius 3 is 2.73 bits per heavy atom. The maximum absolute atomic E-state index is 12.2. The van der Waals surface area contributed by atoms with Crippen LogP contribution in [0.15, 0.2) is 78.4 Å². The SMILES string of the molecule is CNn1ccc(C(=O)NCC(=O)Nc2nc(-c3cccc(COc4ccccc4)c3)cs2)c1. The van der Waals surface area contributed by atoms with Crippen LogP contribution in [0.4, 0.5) is 5.13 Å². The summed E-state index contributed by atoms with van der Waals surface area (Å²) in [6.07, 6.45) is 3.36. The summed E-state index contributed by atoms with van der Waals surface area (Å²) in [5.74, 6) is 0.143. The van der Waals surface area contributed by atoms with E-state index in [-0.39, 0.29) is 18.4 Å². The summed E-state index contributed by atoms with van der Waals surface area (Å²) in [6, 6.07) is 19.2. The van der Waals surface area contributed by atoms with E-state index < -0.39 is 0 Å². The van der Waals surface area contributed by atoms with Crippen molar-refractivity contribution in [3.8, 4) is 17.0 Å². The van der Waals surface area contributed by atoms with Gasteiger partial charge in [-0.2, -0.15) is 0 Å². The van der Waals surface area contributed by atoms with Crippen LogP contribution in [0.1, 0.15) is 15.9 Å². The van der Waals surface area contributed by atoms with Crippen LogP contribution in [0.3, 0.4) is 0 Å². The highest BCUT2D eigenvalue weighted by molar-refractivity contribution is 7.14. The highest BCUT2D eigenvalue weighted by atomic mass is 32.1. The zero-order valence-electron chi connectivity index (χ0n) is 17.9. The van der Waals surface area contributed by atoms with Gasteiger partial charge in [0.2, 0.25) is 5.91 Å². The van der Waals surface area contributed by atoms with Gasteiger partial charge in [-0.05, 0) is 29.8 Å². The Labute approximate surface area is 195 Å². The number of carbonyl (C=O) groups is 2. The van der Waals surface area contributed by atoms with Gasteiger partial charge in [0.05, 0.1) is 17.8 Å². The molecule has 0 atom stereocenters. The Balaban J connectivity index is 1.31. The Kier molecular flexibility index (Phi) is 7.01. The number of aromatic nitrogens is 2. The molecule has 0 unspecified atom stereocenters. The number of hydrogen-bond acceptors (Lipinski definition) is 6. The number of nitrogens with one attached hydrogen (secondary N) is 3. The lowest BCUT2D eigenvalue weighted by Gasteiger charge is -2.07. The second-order valence-corrected chi connectivity index (χ2v) is 7.96. The predicted molar refractivity (Wildman–Crippen MR) is 129 cm³/mol. The molecule has 4 aromatic rings. The van der Waals surface area contributed by atoms with E-state index in [9.17, 15) is 9.59 Å². The first-order chi connectivity index (χ1) is 16.1. The molecule has 2 heterocycles. The molecule has 33 heavy (non-hydrogen) atoms.